The number of nitriles is 1. The largest absolute Gasteiger partial charge is 0.467 e. The van der Waals surface area contributed by atoms with Gasteiger partial charge in [-0.3, -0.25) is 4.79 Å². The molecular weight excluding hydrogens is 443 g/mol. The second kappa shape index (κ2) is 9.39. The van der Waals surface area contributed by atoms with E-state index in [1.54, 1.807) is 24.3 Å². The molecule has 0 saturated carbocycles. The van der Waals surface area contributed by atoms with Crippen LogP contribution in [0.2, 0.25) is 0 Å². The standard InChI is InChI=1S/C21H16F3N5O4/c1-28-20(31)29(19(26-28)32-2)17-9-4-3-6-14(17)12-33-27-16(11-25)18(30)13-7-5-8-15(10-13)21(22,23)24/h3-10H,12H2,1-2H3. The molecule has 0 aliphatic rings. The first kappa shape index (κ1) is 23.3. The monoisotopic (exact) mass is 459 g/mol. The molecule has 0 bridgehead atoms. The van der Waals surface area contributed by atoms with Crippen LogP contribution in [0.15, 0.2) is 58.5 Å². The van der Waals surface area contributed by atoms with E-state index in [0.717, 1.165) is 22.9 Å². The van der Waals surface area contributed by atoms with Gasteiger partial charge in [-0.05, 0) is 18.2 Å². The lowest BCUT2D eigenvalue weighted by molar-refractivity contribution is -0.137. The summed E-state index contributed by atoms with van der Waals surface area (Å²) >= 11 is 0. The molecule has 0 spiro atoms. The van der Waals surface area contributed by atoms with Crippen LogP contribution in [-0.2, 0) is 24.7 Å². The minimum Gasteiger partial charge on any atom is -0.467 e. The smallest absolute Gasteiger partial charge is 0.416 e. The zero-order valence-corrected chi connectivity index (χ0v) is 17.3. The maximum Gasteiger partial charge on any atom is 0.416 e. The average Bonchev–Trinajstić information content (AvgIpc) is 3.09. The number of ether oxygens (including phenoxy) is 1. The van der Waals surface area contributed by atoms with Gasteiger partial charge >= 0.3 is 17.9 Å². The average molecular weight is 459 g/mol. The predicted octanol–water partition coefficient (Wildman–Crippen LogP) is 2.88. The fourth-order valence-corrected chi connectivity index (χ4v) is 2.88. The lowest BCUT2D eigenvalue weighted by Gasteiger charge is -2.10. The summed E-state index contributed by atoms with van der Waals surface area (Å²) in [7, 11) is 2.80. The van der Waals surface area contributed by atoms with E-state index < -0.39 is 28.9 Å². The molecule has 0 aliphatic carbocycles. The number of methoxy groups -OCH3 is 1. The first-order valence-electron chi connectivity index (χ1n) is 9.27. The third kappa shape index (κ3) is 4.93. The minimum absolute atomic E-state index is 0.0240. The van der Waals surface area contributed by atoms with Gasteiger partial charge in [0, 0.05) is 18.2 Å². The Hall–Kier alpha value is -4.40. The molecule has 1 aromatic heterocycles. The molecule has 9 nitrogen and oxygen atoms in total. The summed E-state index contributed by atoms with van der Waals surface area (Å²) < 4.78 is 46.1. The molecule has 0 atom stereocenters. The Balaban J connectivity index is 1.85. The second-order valence-electron chi connectivity index (χ2n) is 6.59. The van der Waals surface area contributed by atoms with Crippen LogP contribution in [0.3, 0.4) is 0 Å². The Morgan fingerprint density at radius 2 is 1.94 bits per heavy atom. The number of nitrogens with zero attached hydrogens (tertiary/aromatic N) is 5. The zero-order valence-electron chi connectivity index (χ0n) is 17.3. The fraction of sp³-hybridized carbons (Fsp3) is 0.190. The normalized spacial score (nSPS) is 11.7. The summed E-state index contributed by atoms with van der Waals surface area (Å²) in [6.45, 7) is -0.262. The van der Waals surface area contributed by atoms with Gasteiger partial charge in [0.25, 0.3) is 0 Å². The van der Waals surface area contributed by atoms with E-state index in [4.69, 9.17) is 9.57 Å². The lowest BCUT2D eigenvalue weighted by Crippen LogP contribution is -2.22. The quantitative estimate of drug-likeness (QED) is 0.305. The molecule has 170 valence electrons. The van der Waals surface area contributed by atoms with Gasteiger partial charge in [-0.25, -0.2) is 14.0 Å². The number of hydrogen-bond donors (Lipinski definition) is 0. The summed E-state index contributed by atoms with van der Waals surface area (Å²) in [5, 5.41) is 16.7. The molecule has 0 unspecified atom stereocenters. The molecule has 3 rings (SSSR count). The van der Waals surface area contributed by atoms with Crippen molar-refractivity contribution in [1.82, 2.24) is 14.3 Å². The van der Waals surface area contributed by atoms with Gasteiger partial charge in [0.15, 0.2) is 0 Å². The van der Waals surface area contributed by atoms with Crippen molar-refractivity contribution < 1.29 is 27.5 Å². The molecule has 33 heavy (non-hydrogen) atoms. The summed E-state index contributed by atoms with van der Waals surface area (Å²) in [5.74, 6) is -1.03. The summed E-state index contributed by atoms with van der Waals surface area (Å²) in [6.07, 6.45) is -4.65. The molecule has 0 amide bonds. The van der Waals surface area contributed by atoms with E-state index >= 15 is 0 Å². The molecule has 0 fully saturated rings. The highest BCUT2D eigenvalue weighted by Gasteiger charge is 2.31. The van der Waals surface area contributed by atoms with Crippen LogP contribution in [0.4, 0.5) is 13.2 Å². The van der Waals surface area contributed by atoms with Crippen LogP contribution in [0, 0.1) is 11.3 Å². The number of alkyl halides is 3. The molecule has 2 aromatic carbocycles. The van der Waals surface area contributed by atoms with Crippen molar-refractivity contribution in [2.24, 2.45) is 12.2 Å². The number of rotatable bonds is 7. The Morgan fingerprint density at radius 1 is 1.21 bits per heavy atom. The Kier molecular flexibility index (Phi) is 6.62. The third-order valence-electron chi connectivity index (χ3n) is 4.46. The SMILES string of the molecule is COc1nn(C)c(=O)n1-c1ccccc1CON=C(C#N)C(=O)c1cccc(C(F)(F)F)c1. The number of aryl methyl sites for hydroxylation is 1. The number of Topliss-reactive ketones (excluding diaryl/α,β-unsaturated/α-hetero) is 1. The molecule has 0 aliphatic heterocycles. The number of oxime groups is 1. The van der Waals surface area contributed by atoms with Gasteiger partial charge in [-0.15, -0.1) is 5.10 Å². The first-order chi connectivity index (χ1) is 15.7. The van der Waals surface area contributed by atoms with Crippen molar-refractivity contribution in [1.29, 1.82) is 5.26 Å². The highest BCUT2D eigenvalue weighted by Crippen LogP contribution is 2.29. The van der Waals surface area contributed by atoms with E-state index in [-0.39, 0.29) is 18.2 Å². The number of halogens is 3. The molecule has 3 aromatic rings. The number of carbonyl (C=O) groups is 1. The maximum absolute atomic E-state index is 12.9. The van der Waals surface area contributed by atoms with Crippen molar-refractivity contribution >= 4 is 11.5 Å². The van der Waals surface area contributed by atoms with Gasteiger partial charge in [0.05, 0.1) is 18.4 Å². The number of carbonyl (C=O) groups excluding carboxylic acids is 1. The third-order valence-corrected chi connectivity index (χ3v) is 4.46. The number of ketones is 1. The molecule has 0 N–H and O–H groups in total. The first-order valence-corrected chi connectivity index (χ1v) is 9.27. The highest BCUT2D eigenvalue weighted by atomic mass is 19.4. The van der Waals surface area contributed by atoms with Gasteiger partial charge in [-0.2, -0.15) is 18.4 Å². The van der Waals surface area contributed by atoms with Crippen LogP contribution in [0.1, 0.15) is 21.5 Å². The number of hydrogen-bond acceptors (Lipinski definition) is 7. The van der Waals surface area contributed by atoms with Crippen LogP contribution < -0.4 is 10.4 Å². The van der Waals surface area contributed by atoms with Crippen molar-refractivity contribution in [2.75, 3.05) is 7.11 Å². The lowest BCUT2D eigenvalue weighted by atomic mass is 10.0. The number of aromatic nitrogens is 3. The summed E-state index contributed by atoms with van der Waals surface area (Å²) in [4.78, 5) is 30.0. The van der Waals surface area contributed by atoms with Crippen molar-refractivity contribution in [2.45, 2.75) is 12.8 Å². The van der Waals surface area contributed by atoms with Gasteiger partial charge in [0.1, 0.15) is 12.7 Å². The topological polar surface area (TPSA) is 112 Å². The fourth-order valence-electron chi connectivity index (χ4n) is 2.88. The Bertz CT molecular complexity index is 1320. The van der Waals surface area contributed by atoms with Gasteiger partial charge < -0.3 is 9.57 Å². The van der Waals surface area contributed by atoms with Crippen LogP contribution in [0.5, 0.6) is 6.01 Å². The van der Waals surface area contributed by atoms with Crippen LogP contribution in [-0.4, -0.2) is 33.0 Å². The highest BCUT2D eigenvalue weighted by molar-refractivity contribution is 6.51. The van der Waals surface area contributed by atoms with E-state index in [1.807, 2.05) is 0 Å². The van der Waals surface area contributed by atoms with Crippen LogP contribution >= 0.6 is 0 Å². The maximum atomic E-state index is 12.9. The Morgan fingerprint density at radius 3 is 2.61 bits per heavy atom. The Labute approximate surface area is 184 Å². The summed E-state index contributed by atoms with van der Waals surface area (Å²) in [5.41, 5.74) is -1.80. The van der Waals surface area contributed by atoms with E-state index in [2.05, 4.69) is 10.3 Å². The zero-order chi connectivity index (χ0) is 24.2. The second-order valence-corrected chi connectivity index (χ2v) is 6.59. The summed E-state index contributed by atoms with van der Waals surface area (Å²) in [6, 6.07) is 11.7. The van der Waals surface area contributed by atoms with Crippen molar-refractivity contribution in [3.63, 3.8) is 0 Å². The van der Waals surface area contributed by atoms with Gasteiger partial charge in [0.2, 0.25) is 11.5 Å². The molecule has 0 radical (unpaired) electrons. The van der Waals surface area contributed by atoms with E-state index in [0.29, 0.717) is 17.3 Å². The van der Waals surface area contributed by atoms with Crippen molar-refractivity contribution in [3.05, 3.63) is 75.7 Å². The number of para-hydroxylation sites is 1. The van der Waals surface area contributed by atoms with E-state index in [1.165, 1.54) is 24.8 Å². The minimum atomic E-state index is -4.65. The number of benzene rings is 2. The molecule has 1 heterocycles. The molecular formula is C21H16F3N5O4. The van der Waals surface area contributed by atoms with Crippen molar-refractivity contribution in [3.8, 4) is 17.8 Å². The molecule has 0 saturated heterocycles. The predicted molar refractivity (Wildman–Crippen MR) is 109 cm³/mol. The van der Waals surface area contributed by atoms with Gasteiger partial charge in [-0.1, -0.05) is 35.5 Å². The molecule has 12 heteroatoms. The van der Waals surface area contributed by atoms with Crippen LogP contribution in [0.25, 0.3) is 5.69 Å². The van der Waals surface area contributed by atoms with E-state index in [9.17, 15) is 28.0 Å².